The first-order valence-corrected chi connectivity index (χ1v) is 11.2. The third-order valence-corrected chi connectivity index (χ3v) is 5.90. The minimum atomic E-state index is 0.856. The van der Waals surface area contributed by atoms with Crippen LogP contribution in [0.5, 0.6) is 11.5 Å². The molecule has 0 aliphatic heterocycles. The molecule has 0 amide bonds. The van der Waals surface area contributed by atoms with Crippen LogP contribution in [-0.2, 0) is 0 Å². The van der Waals surface area contributed by atoms with Gasteiger partial charge >= 0.3 is 0 Å². The minimum Gasteiger partial charge on any atom is -0.496 e. The topological polar surface area (TPSA) is 31.4 Å². The van der Waals surface area contributed by atoms with Crippen LogP contribution in [0.4, 0.5) is 0 Å². The highest BCUT2D eigenvalue weighted by Gasteiger charge is 2.10. The van der Waals surface area contributed by atoms with E-state index in [0.29, 0.717) is 0 Å². The normalized spacial score (nSPS) is 10.6. The van der Waals surface area contributed by atoms with E-state index >= 15 is 0 Å². The van der Waals surface area contributed by atoms with E-state index in [0.717, 1.165) is 56.3 Å². The fourth-order valence-corrected chi connectivity index (χ4v) is 4.21. The van der Waals surface area contributed by atoms with Gasteiger partial charge in [0.1, 0.15) is 11.5 Å². The van der Waals surface area contributed by atoms with Crippen LogP contribution in [0.1, 0.15) is 0 Å². The van der Waals surface area contributed by atoms with E-state index in [1.807, 2.05) is 36.4 Å². The molecule has 3 nitrogen and oxygen atoms in total. The molecule has 0 aliphatic rings. The predicted octanol–water partition coefficient (Wildman–Crippen LogP) is 7.77. The van der Waals surface area contributed by atoms with Gasteiger partial charge in [-0.3, -0.25) is 0 Å². The SMILES string of the molecule is COc1ccccc1-c1cccc(-c2cccc(-c3cccc(-c4ccccc4OC)c3)n2)c1. The van der Waals surface area contributed by atoms with E-state index in [9.17, 15) is 0 Å². The van der Waals surface area contributed by atoms with E-state index in [2.05, 4.69) is 78.9 Å². The van der Waals surface area contributed by atoms with Crippen LogP contribution >= 0.6 is 0 Å². The van der Waals surface area contributed by atoms with Crippen LogP contribution in [0.2, 0.25) is 0 Å². The highest BCUT2D eigenvalue weighted by atomic mass is 16.5. The lowest BCUT2D eigenvalue weighted by atomic mass is 9.99. The average molecular weight is 444 g/mol. The lowest BCUT2D eigenvalue weighted by Gasteiger charge is -2.11. The summed E-state index contributed by atoms with van der Waals surface area (Å²) in [7, 11) is 3.40. The molecular weight excluding hydrogens is 418 g/mol. The summed E-state index contributed by atoms with van der Waals surface area (Å²) in [6.07, 6.45) is 0. The van der Waals surface area contributed by atoms with Gasteiger partial charge in [-0.2, -0.15) is 0 Å². The average Bonchev–Trinajstić information content (AvgIpc) is 2.93. The van der Waals surface area contributed by atoms with Gasteiger partial charge in [0.25, 0.3) is 0 Å². The molecule has 0 atom stereocenters. The maximum absolute atomic E-state index is 5.56. The zero-order valence-corrected chi connectivity index (χ0v) is 19.2. The Bertz CT molecular complexity index is 1330. The summed E-state index contributed by atoms with van der Waals surface area (Å²) < 4.78 is 11.1. The summed E-state index contributed by atoms with van der Waals surface area (Å²) in [4.78, 5) is 5.01. The van der Waals surface area contributed by atoms with Crippen LogP contribution in [0.3, 0.4) is 0 Å². The molecule has 0 aliphatic carbocycles. The summed E-state index contributed by atoms with van der Waals surface area (Å²) in [6.45, 7) is 0. The molecule has 0 bridgehead atoms. The third-order valence-electron chi connectivity index (χ3n) is 5.90. The number of hydrogen-bond acceptors (Lipinski definition) is 3. The lowest BCUT2D eigenvalue weighted by molar-refractivity contribution is 0.416. The summed E-state index contributed by atoms with van der Waals surface area (Å²) in [5, 5.41) is 0. The molecule has 0 unspecified atom stereocenters. The van der Waals surface area contributed by atoms with Crippen LogP contribution in [0, 0.1) is 0 Å². The number of hydrogen-bond donors (Lipinski definition) is 0. The molecule has 0 spiro atoms. The quantitative estimate of drug-likeness (QED) is 0.269. The van der Waals surface area contributed by atoms with Crippen LogP contribution < -0.4 is 9.47 Å². The van der Waals surface area contributed by atoms with Gasteiger partial charge in [-0.1, -0.05) is 78.9 Å². The van der Waals surface area contributed by atoms with Gasteiger partial charge in [-0.05, 0) is 47.5 Å². The highest BCUT2D eigenvalue weighted by Crippen LogP contribution is 2.34. The van der Waals surface area contributed by atoms with Crippen molar-refractivity contribution in [2.45, 2.75) is 0 Å². The van der Waals surface area contributed by atoms with Crippen molar-refractivity contribution in [1.82, 2.24) is 4.98 Å². The zero-order chi connectivity index (χ0) is 23.3. The fraction of sp³-hybridized carbons (Fsp3) is 0.0645. The Morgan fingerprint density at radius 3 is 1.32 bits per heavy atom. The molecule has 0 saturated carbocycles. The highest BCUT2D eigenvalue weighted by molar-refractivity contribution is 5.78. The summed E-state index contributed by atoms with van der Waals surface area (Å²) in [6, 6.07) is 39.1. The zero-order valence-electron chi connectivity index (χ0n) is 19.2. The smallest absolute Gasteiger partial charge is 0.126 e. The molecule has 0 fully saturated rings. The Morgan fingerprint density at radius 1 is 0.441 bits per heavy atom. The number of nitrogens with zero attached hydrogens (tertiary/aromatic N) is 1. The van der Waals surface area contributed by atoms with Crippen molar-refractivity contribution in [1.29, 1.82) is 0 Å². The molecule has 34 heavy (non-hydrogen) atoms. The van der Waals surface area contributed by atoms with Gasteiger partial charge in [0.05, 0.1) is 25.6 Å². The number of ether oxygens (including phenoxy) is 2. The van der Waals surface area contributed by atoms with Crippen molar-refractivity contribution in [3.05, 3.63) is 115 Å². The van der Waals surface area contributed by atoms with Gasteiger partial charge in [-0.25, -0.2) is 4.98 Å². The molecular formula is C31H25NO2. The van der Waals surface area contributed by atoms with E-state index in [1.165, 1.54) is 0 Å². The second kappa shape index (κ2) is 9.63. The number of pyridine rings is 1. The van der Waals surface area contributed by atoms with Crippen molar-refractivity contribution in [2.75, 3.05) is 14.2 Å². The van der Waals surface area contributed by atoms with Crippen molar-refractivity contribution >= 4 is 0 Å². The second-order valence-electron chi connectivity index (χ2n) is 7.97. The van der Waals surface area contributed by atoms with E-state index in [4.69, 9.17) is 14.5 Å². The molecule has 1 heterocycles. The molecule has 0 radical (unpaired) electrons. The number of benzene rings is 4. The number of rotatable bonds is 6. The van der Waals surface area contributed by atoms with E-state index < -0.39 is 0 Å². The number of methoxy groups -OCH3 is 2. The molecule has 0 N–H and O–H groups in total. The first-order chi connectivity index (χ1) is 16.8. The maximum Gasteiger partial charge on any atom is 0.126 e. The monoisotopic (exact) mass is 443 g/mol. The lowest BCUT2D eigenvalue weighted by Crippen LogP contribution is -1.91. The van der Waals surface area contributed by atoms with Gasteiger partial charge < -0.3 is 9.47 Å². The molecule has 5 rings (SSSR count). The molecule has 5 aromatic rings. The molecule has 3 heteroatoms. The van der Waals surface area contributed by atoms with Gasteiger partial charge in [0.2, 0.25) is 0 Å². The first kappa shape index (κ1) is 21.5. The van der Waals surface area contributed by atoms with E-state index in [1.54, 1.807) is 14.2 Å². The van der Waals surface area contributed by atoms with Crippen molar-refractivity contribution < 1.29 is 9.47 Å². The summed E-state index contributed by atoms with van der Waals surface area (Å²) in [5.74, 6) is 1.71. The Kier molecular flexibility index (Phi) is 6.09. The Labute approximate surface area is 200 Å². The first-order valence-electron chi connectivity index (χ1n) is 11.2. The minimum absolute atomic E-state index is 0.856. The van der Waals surface area contributed by atoms with Crippen molar-refractivity contribution in [3.8, 4) is 56.3 Å². The van der Waals surface area contributed by atoms with Gasteiger partial charge in [0.15, 0.2) is 0 Å². The fourth-order valence-electron chi connectivity index (χ4n) is 4.21. The van der Waals surface area contributed by atoms with Gasteiger partial charge in [-0.15, -0.1) is 0 Å². The van der Waals surface area contributed by atoms with Crippen molar-refractivity contribution in [3.63, 3.8) is 0 Å². The van der Waals surface area contributed by atoms with Crippen molar-refractivity contribution in [2.24, 2.45) is 0 Å². The summed E-state index contributed by atoms with van der Waals surface area (Å²) in [5.41, 5.74) is 8.30. The standard InChI is InChI=1S/C31H25NO2/c1-33-30-18-5-3-14-26(30)22-10-7-12-24(20-22)28-16-9-17-29(32-28)25-13-8-11-23(21-25)27-15-4-6-19-31(27)34-2/h3-21H,1-2H3. The second-order valence-corrected chi connectivity index (χ2v) is 7.97. The van der Waals surface area contributed by atoms with Crippen LogP contribution in [-0.4, -0.2) is 19.2 Å². The van der Waals surface area contributed by atoms with Gasteiger partial charge in [0, 0.05) is 22.3 Å². The Balaban J connectivity index is 1.52. The van der Waals surface area contributed by atoms with E-state index in [-0.39, 0.29) is 0 Å². The summed E-state index contributed by atoms with van der Waals surface area (Å²) >= 11 is 0. The largest absolute Gasteiger partial charge is 0.496 e. The third kappa shape index (κ3) is 4.28. The molecule has 166 valence electrons. The molecule has 4 aromatic carbocycles. The number of para-hydroxylation sites is 2. The van der Waals surface area contributed by atoms with Crippen LogP contribution in [0.25, 0.3) is 44.8 Å². The maximum atomic E-state index is 5.56. The predicted molar refractivity (Wildman–Crippen MR) is 139 cm³/mol. The molecule has 0 saturated heterocycles. The Hall–Kier alpha value is -4.37. The van der Waals surface area contributed by atoms with Crippen LogP contribution in [0.15, 0.2) is 115 Å². The number of aromatic nitrogens is 1. The molecule has 1 aromatic heterocycles. The Morgan fingerprint density at radius 2 is 0.853 bits per heavy atom.